The van der Waals surface area contributed by atoms with Gasteiger partial charge in [-0.2, -0.15) is 26.3 Å². The summed E-state index contributed by atoms with van der Waals surface area (Å²) in [6, 6.07) is 10.4. The molecule has 36 heavy (non-hydrogen) atoms. The maximum atomic E-state index is 14.1. The fourth-order valence-corrected chi connectivity index (χ4v) is 3.78. The Hall–Kier alpha value is -4.22. The molecule has 0 fully saturated rings. The molecule has 5 aromatic rings. The van der Waals surface area contributed by atoms with E-state index in [0.717, 1.165) is 6.07 Å². The van der Waals surface area contributed by atoms with Crippen LogP contribution in [0.3, 0.4) is 0 Å². The number of nitrogens with one attached hydrogen (secondary N) is 1. The van der Waals surface area contributed by atoms with Gasteiger partial charge in [0, 0.05) is 23.3 Å². The Kier molecular flexibility index (Phi) is 5.53. The second kappa shape index (κ2) is 8.47. The molecule has 5 rings (SSSR count). The quantitative estimate of drug-likeness (QED) is 0.226. The van der Waals surface area contributed by atoms with E-state index >= 15 is 0 Å². The second-order valence-corrected chi connectivity index (χ2v) is 7.94. The van der Waals surface area contributed by atoms with E-state index in [9.17, 15) is 30.7 Å². The highest BCUT2D eigenvalue weighted by Crippen LogP contribution is 2.40. The standard InChI is InChI=1S/C24H13F7N4O/c25-18-4-2-1-3-16(18)19-9-21-22(33-19)11-35(12-32-21)10-14-8-20(34-36-14)15-6-5-13(23(26,27)28)7-17(15)24(29,30)31/h1-9,11-12H,10H2/p+1. The highest BCUT2D eigenvalue weighted by atomic mass is 19.4. The summed E-state index contributed by atoms with van der Waals surface area (Å²) in [5, 5.41) is 3.62. The van der Waals surface area contributed by atoms with Crippen molar-refractivity contribution in [1.82, 2.24) is 15.1 Å². The van der Waals surface area contributed by atoms with Gasteiger partial charge in [0.1, 0.15) is 23.2 Å². The third-order valence-corrected chi connectivity index (χ3v) is 5.46. The zero-order chi connectivity index (χ0) is 25.7. The average Bonchev–Trinajstić information content (AvgIpc) is 3.44. The van der Waals surface area contributed by atoms with Gasteiger partial charge in [-0.15, -0.1) is 0 Å². The van der Waals surface area contributed by atoms with Crippen molar-refractivity contribution in [2.45, 2.75) is 18.9 Å². The zero-order valence-electron chi connectivity index (χ0n) is 18.0. The van der Waals surface area contributed by atoms with Crippen LogP contribution in [0.2, 0.25) is 0 Å². The highest BCUT2D eigenvalue weighted by molar-refractivity contribution is 5.81. The molecule has 0 spiro atoms. The van der Waals surface area contributed by atoms with E-state index in [1.165, 1.54) is 18.5 Å². The predicted molar refractivity (Wildman–Crippen MR) is 113 cm³/mol. The van der Waals surface area contributed by atoms with Gasteiger partial charge in [0.25, 0.3) is 6.33 Å². The van der Waals surface area contributed by atoms with Crippen molar-refractivity contribution in [2.75, 3.05) is 0 Å². The van der Waals surface area contributed by atoms with E-state index in [1.54, 1.807) is 35.0 Å². The van der Waals surface area contributed by atoms with Crippen LogP contribution in [0, 0.1) is 5.82 Å². The van der Waals surface area contributed by atoms with Crippen LogP contribution in [-0.4, -0.2) is 15.1 Å². The minimum Gasteiger partial charge on any atom is -0.356 e. The van der Waals surface area contributed by atoms with Crippen LogP contribution in [-0.2, 0) is 18.9 Å². The number of rotatable bonds is 4. The van der Waals surface area contributed by atoms with Crippen LogP contribution >= 0.6 is 0 Å². The van der Waals surface area contributed by atoms with E-state index in [2.05, 4.69) is 15.1 Å². The molecule has 0 unspecified atom stereocenters. The minimum atomic E-state index is -5.04. The monoisotopic (exact) mass is 507 g/mol. The van der Waals surface area contributed by atoms with E-state index in [-0.39, 0.29) is 24.1 Å². The summed E-state index contributed by atoms with van der Waals surface area (Å²) in [6.07, 6.45) is -6.88. The number of fused-ring (bicyclic) bond motifs is 1. The maximum absolute atomic E-state index is 14.1. The molecule has 0 atom stereocenters. The molecule has 0 saturated carbocycles. The topological polar surface area (TPSA) is 58.6 Å². The van der Waals surface area contributed by atoms with Gasteiger partial charge < -0.3 is 9.51 Å². The minimum absolute atomic E-state index is 0.0198. The van der Waals surface area contributed by atoms with Gasteiger partial charge in [0.15, 0.2) is 12.3 Å². The number of aromatic nitrogens is 4. The lowest BCUT2D eigenvalue weighted by atomic mass is 10.0. The lowest BCUT2D eigenvalue weighted by molar-refractivity contribution is -0.691. The lowest BCUT2D eigenvalue weighted by Crippen LogP contribution is -2.33. The molecule has 1 N–H and O–H groups in total. The normalized spacial score (nSPS) is 12.4. The summed E-state index contributed by atoms with van der Waals surface area (Å²) >= 11 is 0. The molecule has 3 heterocycles. The van der Waals surface area contributed by atoms with Gasteiger partial charge in [0.05, 0.1) is 16.8 Å². The average molecular weight is 507 g/mol. The molecule has 2 aromatic carbocycles. The van der Waals surface area contributed by atoms with E-state index in [4.69, 9.17) is 4.52 Å². The van der Waals surface area contributed by atoms with Gasteiger partial charge in [0.2, 0.25) is 5.52 Å². The molecular formula is C24H14F7N4O+. The molecule has 0 amide bonds. The van der Waals surface area contributed by atoms with Gasteiger partial charge in [-0.1, -0.05) is 23.4 Å². The number of hydrogen-bond donors (Lipinski definition) is 1. The van der Waals surface area contributed by atoms with E-state index in [1.807, 2.05) is 0 Å². The molecule has 0 aliphatic carbocycles. The first-order valence-corrected chi connectivity index (χ1v) is 10.4. The van der Waals surface area contributed by atoms with Gasteiger partial charge >= 0.3 is 12.4 Å². The molecule has 5 nitrogen and oxygen atoms in total. The first-order chi connectivity index (χ1) is 17.0. The SMILES string of the molecule is Fc1ccccc1-c1cc2nc[n+](Cc3cc(-c4ccc(C(F)(F)F)cc4C(F)(F)F)no3)cc2[nH]1. The third-order valence-electron chi connectivity index (χ3n) is 5.46. The van der Waals surface area contributed by atoms with Crippen LogP contribution in [0.1, 0.15) is 16.9 Å². The van der Waals surface area contributed by atoms with Crippen LogP contribution in [0.4, 0.5) is 30.7 Å². The molecule has 0 bridgehead atoms. The van der Waals surface area contributed by atoms with Crippen molar-refractivity contribution in [3.63, 3.8) is 0 Å². The lowest BCUT2D eigenvalue weighted by Gasteiger charge is -2.14. The van der Waals surface area contributed by atoms with Gasteiger partial charge in [-0.05, 0) is 29.2 Å². The summed E-state index contributed by atoms with van der Waals surface area (Å²) in [4.78, 5) is 7.35. The fourth-order valence-electron chi connectivity index (χ4n) is 3.78. The Balaban J connectivity index is 1.44. The number of aromatic amines is 1. The smallest absolute Gasteiger partial charge is 0.356 e. The Labute approximate surface area is 197 Å². The van der Waals surface area contributed by atoms with Crippen LogP contribution < -0.4 is 4.57 Å². The number of hydrogen-bond acceptors (Lipinski definition) is 3. The summed E-state index contributed by atoms with van der Waals surface area (Å²) in [5.41, 5.74) is -1.69. The molecule has 184 valence electrons. The number of alkyl halides is 6. The summed E-state index contributed by atoms with van der Waals surface area (Å²) in [5.74, 6) is -0.266. The Morgan fingerprint density at radius 3 is 2.39 bits per heavy atom. The third kappa shape index (κ3) is 4.53. The van der Waals surface area contributed by atoms with Crippen molar-refractivity contribution in [3.05, 3.63) is 89.8 Å². The van der Waals surface area contributed by atoms with Crippen molar-refractivity contribution in [1.29, 1.82) is 0 Å². The summed E-state index contributed by atoms with van der Waals surface area (Å²) in [7, 11) is 0. The highest BCUT2D eigenvalue weighted by Gasteiger charge is 2.39. The van der Waals surface area contributed by atoms with Crippen LogP contribution in [0.5, 0.6) is 0 Å². The molecule has 12 heteroatoms. The van der Waals surface area contributed by atoms with E-state index in [0.29, 0.717) is 28.4 Å². The van der Waals surface area contributed by atoms with Gasteiger partial charge in [-0.25, -0.2) is 8.96 Å². The number of nitrogens with zero attached hydrogens (tertiary/aromatic N) is 3. The number of halogens is 7. The van der Waals surface area contributed by atoms with Crippen molar-refractivity contribution >= 4 is 11.0 Å². The molecule has 0 aliphatic heterocycles. The van der Waals surface area contributed by atoms with Crippen molar-refractivity contribution in [2.24, 2.45) is 0 Å². The summed E-state index contributed by atoms with van der Waals surface area (Å²) in [6.45, 7) is 0.0198. The molecular weight excluding hydrogens is 493 g/mol. The van der Waals surface area contributed by atoms with Crippen LogP contribution in [0.25, 0.3) is 33.5 Å². The van der Waals surface area contributed by atoms with Gasteiger partial charge in [-0.3, -0.25) is 0 Å². The van der Waals surface area contributed by atoms with Crippen molar-refractivity contribution < 1.29 is 39.8 Å². The number of H-pyrrole nitrogens is 1. The molecule has 0 aliphatic rings. The first-order valence-electron chi connectivity index (χ1n) is 10.4. The molecule has 0 radical (unpaired) electrons. The van der Waals surface area contributed by atoms with E-state index < -0.39 is 34.9 Å². The van der Waals surface area contributed by atoms with Crippen LogP contribution in [0.15, 0.2) is 71.6 Å². The van der Waals surface area contributed by atoms with Crippen molar-refractivity contribution in [3.8, 4) is 22.5 Å². The fraction of sp³-hybridized carbons (Fsp3) is 0.125. The molecule has 0 saturated heterocycles. The Bertz CT molecular complexity index is 1570. The molecule has 3 aromatic heterocycles. The maximum Gasteiger partial charge on any atom is 0.417 e. The Morgan fingerprint density at radius 1 is 0.889 bits per heavy atom. The Morgan fingerprint density at radius 2 is 1.67 bits per heavy atom. The second-order valence-electron chi connectivity index (χ2n) is 7.94. The first kappa shape index (κ1) is 23.5. The zero-order valence-corrected chi connectivity index (χ0v) is 18.0. The summed E-state index contributed by atoms with van der Waals surface area (Å²) < 4.78 is 100. The predicted octanol–water partition coefficient (Wildman–Crippen LogP) is 6.40. The number of benzene rings is 2. The largest absolute Gasteiger partial charge is 0.417 e.